The van der Waals surface area contributed by atoms with Crippen LogP contribution in [0.15, 0.2) is 65.7 Å². The van der Waals surface area contributed by atoms with Gasteiger partial charge in [0.05, 0.1) is 16.6 Å². The van der Waals surface area contributed by atoms with Crippen LogP contribution < -0.4 is 5.32 Å². The molecule has 1 unspecified atom stereocenters. The molecule has 36 heavy (non-hydrogen) atoms. The summed E-state index contributed by atoms with van der Waals surface area (Å²) >= 11 is 3.08. The molecule has 6 nitrogen and oxygen atoms in total. The van der Waals surface area contributed by atoms with Gasteiger partial charge in [-0.15, -0.1) is 29.7 Å². The van der Waals surface area contributed by atoms with Crippen molar-refractivity contribution in [2.24, 2.45) is 0 Å². The maximum atomic E-state index is 13.2. The molecule has 0 saturated carbocycles. The first-order chi connectivity index (χ1) is 17.6. The molecule has 2 amide bonds. The van der Waals surface area contributed by atoms with Crippen molar-refractivity contribution in [2.45, 2.75) is 49.1 Å². The van der Waals surface area contributed by atoms with E-state index in [0.29, 0.717) is 30.1 Å². The number of carbonyl (C=O) groups is 2. The molecule has 1 aliphatic heterocycles. The Balaban J connectivity index is 1.19. The Hall–Kier alpha value is -2.97. The van der Waals surface area contributed by atoms with Gasteiger partial charge in [0.1, 0.15) is 10.7 Å². The molecule has 0 spiro atoms. The number of benzene rings is 1. The summed E-state index contributed by atoms with van der Waals surface area (Å²) in [4.78, 5) is 37.2. The third-order valence-electron chi connectivity index (χ3n) is 6.90. The Bertz CT molecular complexity index is 1250. The number of aromatic nitrogens is 2. The number of nitrogens with one attached hydrogen (secondary N) is 1. The van der Waals surface area contributed by atoms with Gasteiger partial charge >= 0.3 is 0 Å². The minimum atomic E-state index is -0.104. The summed E-state index contributed by atoms with van der Waals surface area (Å²) in [7, 11) is 0. The predicted octanol–water partition coefficient (Wildman–Crippen LogP) is 5.64. The van der Waals surface area contributed by atoms with Gasteiger partial charge in [-0.1, -0.05) is 30.3 Å². The molecular formula is C28H30N4O2S2. The van der Waals surface area contributed by atoms with Crippen LogP contribution in [0.4, 0.5) is 0 Å². The molecule has 1 atom stereocenters. The van der Waals surface area contributed by atoms with Crippen LogP contribution in [-0.4, -0.2) is 45.5 Å². The second-order valence-electron chi connectivity index (χ2n) is 9.21. The number of hydrogen-bond donors (Lipinski definition) is 1. The second kappa shape index (κ2) is 11.4. The van der Waals surface area contributed by atoms with Crippen LogP contribution >= 0.6 is 23.1 Å². The van der Waals surface area contributed by atoms with E-state index in [1.165, 1.54) is 22.9 Å². The highest BCUT2D eigenvalue weighted by Gasteiger charge is 2.29. The lowest BCUT2D eigenvalue weighted by Gasteiger charge is -2.31. The van der Waals surface area contributed by atoms with Gasteiger partial charge in [-0.05, 0) is 55.4 Å². The molecular weight excluding hydrogens is 488 g/mol. The SMILES string of the molecule is C=CCSc1ncccc1C(=O)N1CCC(c2nc(C(=O)NC3CCCc4ccccc43)cs2)CC1. The van der Waals surface area contributed by atoms with Crippen molar-refractivity contribution in [1.82, 2.24) is 20.2 Å². The Labute approximate surface area is 220 Å². The van der Waals surface area contributed by atoms with E-state index in [0.717, 1.165) is 42.1 Å². The molecule has 0 bridgehead atoms. The number of rotatable bonds is 7. The molecule has 3 heterocycles. The van der Waals surface area contributed by atoms with Crippen molar-refractivity contribution in [2.75, 3.05) is 18.8 Å². The second-order valence-corrected chi connectivity index (χ2v) is 11.1. The Morgan fingerprint density at radius 1 is 1.17 bits per heavy atom. The number of pyridine rings is 1. The average molecular weight is 519 g/mol. The van der Waals surface area contributed by atoms with Gasteiger partial charge < -0.3 is 10.2 Å². The number of amides is 2. The van der Waals surface area contributed by atoms with Crippen LogP contribution in [0.3, 0.4) is 0 Å². The summed E-state index contributed by atoms with van der Waals surface area (Å²) in [6.45, 7) is 5.10. The maximum absolute atomic E-state index is 13.2. The van der Waals surface area contributed by atoms with Crippen molar-refractivity contribution in [3.05, 3.63) is 88.0 Å². The summed E-state index contributed by atoms with van der Waals surface area (Å²) in [6, 6.07) is 12.1. The zero-order valence-electron chi connectivity index (χ0n) is 20.2. The molecule has 1 fully saturated rings. The van der Waals surface area contributed by atoms with E-state index in [2.05, 4.69) is 35.1 Å². The third kappa shape index (κ3) is 5.39. The largest absolute Gasteiger partial charge is 0.344 e. The van der Waals surface area contributed by atoms with Gasteiger partial charge in [0.2, 0.25) is 0 Å². The van der Waals surface area contributed by atoms with Crippen LogP contribution in [0.5, 0.6) is 0 Å². The first kappa shape index (κ1) is 24.7. The number of hydrogen-bond acceptors (Lipinski definition) is 6. The van der Waals surface area contributed by atoms with Crippen LogP contribution in [0.25, 0.3) is 0 Å². The predicted molar refractivity (Wildman–Crippen MR) is 145 cm³/mol. The van der Waals surface area contributed by atoms with Crippen molar-refractivity contribution in [1.29, 1.82) is 0 Å². The minimum Gasteiger partial charge on any atom is -0.344 e. The Morgan fingerprint density at radius 3 is 2.83 bits per heavy atom. The monoisotopic (exact) mass is 518 g/mol. The van der Waals surface area contributed by atoms with E-state index < -0.39 is 0 Å². The third-order valence-corrected chi connectivity index (χ3v) is 8.91. The van der Waals surface area contributed by atoms with E-state index >= 15 is 0 Å². The highest BCUT2D eigenvalue weighted by atomic mass is 32.2. The molecule has 1 N–H and O–H groups in total. The molecule has 2 aliphatic rings. The average Bonchev–Trinajstić information content (AvgIpc) is 3.43. The Morgan fingerprint density at radius 2 is 2.00 bits per heavy atom. The standard InChI is InChI=1S/C28H30N4O2S2/c1-2-17-35-27-22(10-6-14-29-27)28(34)32-15-12-20(13-16-32)26-31-24(18-36-26)25(33)30-23-11-5-8-19-7-3-4-9-21(19)23/h2-4,6-7,9-10,14,18,20,23H,1,5,8,11-13,15-17H2,(H,30,33). The molecule has 2 aromatic heterocycles. The van der Waals surface area contributed by atoms with Crippen LogP contribution in [-0.2, 0) is 6.42 Å². The smallest absolute Gasteiger partial charge is 0.271 e. The van der Waals surface area contributed by atoms with Gasteiger partial charge in [0.15, 0.2) is 0 Å². The molecule has 186 valence electrons. The molecule has 5 rings (SSSR count). The number of nitrogens with zero attached hydrogens (tertiary/aromatic N) is 3. The minimum absolute atomic E-state index is 0.0279. The zero-order chi connectivity index (χ0) is 24.9. The van der Waals surface area contributed by atoms with Gasteiger partial charge in [0.25, 0.3) is 11.8 Å². The summed E-state index contributed by atoms with van der Waals surface area (Å²) in [5, 5.41) is 6.81. The first-order valence-corrected chi connectivity index (χ1v) is 14.3. The zero-order valence-corrected chi connectivity index (χ0v) is 21.8. The number of thioether (sulfide) groups is 1. The highest BCUT2D eigenvalue weighted by Crippen LogP contribution is 2.33. The highest BCUT2D eigenvalue weighted by molar-refractivity contribution is 7.99. The fourth-order valence-corrected chi connectivity index (χ4v) is 6.72. The maximum Gasteiger partial charge on any atom is 0.271 e. The summed E-state index contributed by atoms with van der Waals surface area (Å²) < 4.78 is 0. The molecule has 0 radical (unpaired) electrons. The van der Waals surface area contributed by atoms with Crippen LogP contribution in [0, 0.1) is 0 Å². The van der Waals surface area contributed by atoms with E-state index in [4.69, 9.17) is 4.98 Å². The van der Waals surface area contributed by atoms with Gasteiger partial charge in [-0.25, -0.2) is 9.97 Å². The number of piperidine rings is 1. The quantitative estimate of drug-likeness (QED) is 0.323. The number of aryl methyl sites for hydroxylation is 1. The normalized spacial score (nSPS) is 17.9. The Kier molecular flexibility index (Phi) is 7.82. The first-order valence-electron chi connectivity index (χ1n) is 12.5. The van der Waals surface area contributed by atoms with Gasteiger partial charge in [-0.3, -0.25) is 9.59 Å². The van der Waals surface area contributed by atoms with E-state index in [-0.39, 0.29) is 23.8 Å². The molecule has 1 saturated heterocycles. The lowest BCUT2D eigenvalue weighted by molar-refractivity contribution is 0.0708. The molecule has 3 aromatic rings. The van der Waals surface area contributed by atoms with E-state index in [1.807, 2.05) is 34.6 Å². The number of thiazole rings is 1. The van der Waals surface area contributed by atoms with Crippen molar-refractivity contribution < 1.29 is 9.59 Å². The number of carbonyl (C=O) groups excluding carboxylic acids is 2. The summed E-state index contributed by atoms with van der Waals surface area (Å²) in [5.74, 6) is 0.902. The van der Waals surface area contributed by atoms with Crippen LogP contribution in [0.1, 0.15) is 74.6 Å². The fraction of sp³-hybridized carbons (Fsp3) is 0.357. The van der Waals surface area contributed by atoms with E-state index in [9.17, 15) is 9.59 Å². The van der Waals surface area contributed by atoms with Crippen molar-refractivity contribution >= 4 is 34.9 Å². The topological polar surface area (TPSA) is 75.2 Å². The lowest BCUT2D eigenvalue weighted by atomic mass is 9.88. The van der Waals surface area contributed by atoms with Gasteiger partial charge in [-0.2, -0.15) is 0 Å². The number of fused-ring (bicyclic) bond motifs is 1. The van der Waals surface area contributed by atoms with Crippen LogP contribution in [0.2, 0.25) is 0 Å². The molecule has 1 aliphatic carbocycles. The van der Waals surface area contributed by atoms with E-state index in [1.54, 1.807) is 17.5 Å². The van der Waals surface area contributed by atoms with Crippen molar-refractivity contribution in [3.63, 3.8) is 0 Å². The summed E-state index contributed by atoms with van der Waals surface area (Å²) in [5.41, 5.74) is 3.70. The molecule has 8 heteroatoms. The lowest BCUT2D eigenvalue weighted by Crippen LogP contribution is -2.38. The van der Waals surface area contributed by atoms with Gasteiger partial charge in [0, 0.05) is 36.3 Å². The van der Waals surface area contributed by atoms with Crippen molar-refractivity contribution in [3.8, 4) is 0 Å². The number of likely N-dealkylation sites (tertiary alicyclic amines) is 1. The summed E-state index contributed by atoms with van der Waals surface area (Å²) in [6.07, 6.45) is 8.32. The fourth-order valence-electron chi connectivity index (χ4n) is 5.02. The molecule has 1 aromatic carbocycles.